The van der Waals surface area contributed by atoms with Crippen LogP contribution in [0.3, 0.4) is 0 Å². The zero-order chi connectivity index (χ0) is 21.4. The topological polar surface area (TPSA) is 120 Å². The van der Waals surface area contributed by atoms with E-state index in [9.17, 15) is 13.5 Å². The molecule has 0 amide bonds. The van der Waals surface area contributed by atoms with Crippen molar-refractivity contribution >= 4 is 60.2 Å². The Morgan fingerprint density at radius 2 is 1.90 bits per heavy atom. The Morgan fingerprint density at radius 3 is 2.68 bits per heavy atom. The molecule has 0 bridgehead atoms. The number of rotatable bonds is 5. The highest BCUT2D eigenvalue weighted by molar-refractivity contribution is 7.92. The average molecular weight is 450 g/mol. The van der Waals surface area contributed by atoms with Gasteiger partial charge < -0.3 is 10.1 Å². The minimum Gasteiger partial charge on any atom is -0.494 e. The number of benzene rings is 2. The van der Waals surface area contributed by atoms with E-state index in [1.54, 1.807) is 42.1 Å². The van der Waals surface area contributed by atoms with Crippen molar-refractivity contribution in [2.45, 2.75) is 4.90 Å². The molecule has 2 aromatic carbocycles. The molecule has 0 radical (unpaired) electrons. The Hall–Kier alpha value is -3.76. The molecular formula is C21H15N5O3S2. The predicted octanol–water partition coefficient (Wildman–Crippen LogP) is 4.43. The zero-order valence-corrected chi connectivity index (χ0v) is 17.5. The van der Waals surface area contributed by atoms with Gasteiger partial charge in [0.15, 0.2) is 5.88 Å². The zero-order valence-electron chi connectivity index (χ0n) is 15.9. The van der Waals surface area contributed by atoms with Crippen molar-refractivity contribution in [3.05, 3.63) is 71.9 Å². The fraction of sp³-hybridized carbons (Fsp3) is 0. The Balaban J connectivity index is 1.44. The number of nitrogens with zero attached hydrogens (tertiary/aromatic N) is 3. The van der Waals surface area contributed by atoms with Gasteiger partial charge in [0.1, 0.15) is 5.82 Å². The molecule has 3 heterocycles. The molecule has 3 aromatic heterocycles. The van der Waals surface area contributed by atoms with Crippen molar-refractivity contribution in [1.82, 2.24) is 15.0 Å². The third-order valence-corrected chi connectivity index (χ3v) is 6.90. The van der Waals surface area contributed by atoms with Gasteiger partial charge in [0.2, 0.25) is 0 Å². The molecule has 8 nitrogen and oxygen atoms in total. The molecule has 5 aromatic rings. The maximum absolute atomic E-state index is 12.5. The number of aliphatic imine (C=N–C) groups is 1. The fourth-order valence-electron chi connectivity index (χ4n) is 3.21. The summed E-state index contributed by atoms with van der Waals surface area (Å²) in [5.74, 6) is 0.257. The van der Waals surface area contributed by atoms with Crippen LogP contribution in [0.4, 0.5) is 11.5 Å². The molecule has 0 saturated carbocycles. The number of aromatic amines is 1. The van der Waals surface area contributed by atoms with Gasteiger partial charge >= 0.3 is 0 Å². The van der Waals surface area contributed by atoms with Gasteiger partial charge in [-0.15, -0.1) is 11.3 Å². The molecule has 0 aliphatic carbocycles. The van der Waals surface area contributed by atoms with Crippen LogP contribution >= 0.6 is 11.3 Å². The van der Waals surface area contributed by atoms with E-state index in [0.29, 0.717) is 11.3 Å². The van der Waals surface area contributed by atoms with Crippen LogP contribution in [0.15, 0.2) is 76.2 Å². The number of pyridine rings is 1. The molecular weight excluding hydrogens is 434 g/mol. The molecule has 154 valence electrons. The third kappa shape index (κ3) is 3.62. The van der Waals surface area contributed by atoms with Gasteiger partial charge in [0, 0.05) is 17.8 Å². The van der Waals surface area contributed by atoms with E-state index in [1.807, 2.05) is 12.1 Å². The highest BCUT2D eigenvalue weighted by atomic mass is 32.2. The smallest absolute Gasteiger partial charge is 0.263 e. The number of hydrogen-bond acceptors (Lipinski definition) is 7. The van der Waals surface area contributed by atoms with Crippen molar-refractivity contribution in [2.24, 2.45) is 4.99 Å². The molecule has 0 fully saturated rings. The summed E-state index contributed by atoms with van der Waals surface area (Å²) < 4.78 is 28.4. The van der Waals surface area contributed by atoms with Crippen molar-refractivity contribution < 1.29 is 13.5 Å². The number of aromatic nitrogens is 3. The molecule has 0 unspecified atom stereocenters. The normalized spacial score (nSPS) is 12.1. The van der Waals surface area contributed by atoms with Gasteiger partial charge in [-0.2, -0.15) is 0 Å². The van der Waals surface area contributed by atoms with Crippen molar-refractivity contribution in [1.29, 1.82) is 0 Å². The maximum Gasteiger partial charge on any atom is 0.263 e. The summed E-state index contributed by atoms with van der Waals surface area (Å²) in [7, 11) is -3.76. The lowest BCUT2D eigenvalue weighted by molar-refractivity contribution is 0.457. The van der Waals surface area contributed by atoms with Gasteiger partial charge in [-0.25, -0.2) is 18.4 Å². The molecule has 0 aliphatic rings. The van der Waals surface area contributed by atoms with Crippen LogP contribution in [0.2, 0.25) is 0 Å². The minimum absolute atomic E-state index is 0.0124. The highest BCUT2D eigenvalue weighted by Gasteiger charge is 2.15. The van der Waals surface area contributed by atoms with Crippen LogP contribution in [-0.2, 0) is 10.0 Å². The molecule has 10 heteroatoms. The second-order valence-corrected chi connectivity index (χ2v) is 9.19. The third-order valence-electron chi connectivity index (χ3n) is 4.67. The molecule has 0 aliphatic heterocycles. The van der Waals surface area contributed by atoms with E-state index in [2.05, 4.69) is 24.7 Å². The summed E-state index contributed by atoms with van der Waals surface area (Å²) >= 11 is 1.49. The lowest BCUT2D eigenvalue weighted by Crippen LogP contribution is -2.13. The first-order chi connectivity index (χ1) is 15.0. The molecule has 5 rings (SSSR count). The van der Waals surface area contributed by atoms with Crippen molar-refractivity contribution in [3.63, 3.8) is 0 Å². The summed E-state index contributed by atoms with van der Waals surface area (Å²) in [6.45, 7) is 0. The summed E-state index contributed by atoms with van der Waals surface area (Å²) in [5.41, 5.74) is 4.49. The van der Waals surface area contributed by atoms with E-state index >= 15 is 0 Å². The molecule has 0 atom stereocenters. The van der Waals surface area contributed by atoms with E-state index in [-0.39, 0.29) is 16.6 Å². The SMILES string of the molecule is O=S(=O)(Nc1ccccn1)c1ccc(N=Cc2c(O)[nH]c3ccc4ncsc4c23)cc1. The number of thiazole rings is 1. The predicted molar refractivity (Wildman–Crippen MR) is 122 cm³/mol. The monoisotopic (exact) mass is 449 g/mol. The Kier molecular flexibility index (Phi) is 4.64. The second kappa shape index (κ2) is 7.49. The van der Waals surface area contributed by atoms with E-state index < -0.39 is 10.0 Å². The van der Waals surface area contributed by atoms with E-state index in [0.717, 1.165) is 21.1 Å². The van der Waals surface area contributed by atoms with Crippen LogP contribution < -0.4 is 4.72 Å². The summed E-state index contributed by atoms with van der Waals surface area (Å²) in [5, 5.41) is 11.2. The number of H-pyrrole nitrogens is 1. The van der Waals surface area contributed by atoms with Crippen molar-refractivity contribution in [2.75, 3.05) is 4.72 Å². The standard InChI is InChI=1S/C21H15N5O3S2/c27-21-15(19-16(25-21)8-9-17-20(19)30-12-24-17)11-23-13-4-6-14(7-5-13)31(28,29)26-18-3-1-2-10-22-18/h1-12,25,27H,(H,22,26). The summed E-state index contributed by atoms with van der Waals surface area (Å²) in [6.07, 6.45) is 3.07. The Bertz CT molecular complexity index is 1520. The van der Waals surface area contributed by atoms with Gasteiger partial charge in [-0.1, -0.05) is 6.07 Å². The largest absolute Gasteiger partial charge is 0.494 e. The summed E-state index contributed by atoms with van der Waals surface area (Å²) in [4.78, 5) is 15.7. The number of sulfonamides is 1. The lowest BCUT2D eigenvalue weighted by Gasteiger charge is -2.07. The first-order valence-corrected chi connectivity index (χ1v) is 11.5. The van der Waals surface area contributed by atoms with Crippen LogP contribution in [0.5, 0.6) is 5.88 Å². The maximum atomic E-state index is 12.5. The number of hydrogen-bond donors (Lipinski definition) is 3. The molecule has 0 saturated heterocycles. The Labute approximate surface area is 181 Å². The van der Waals surface area contributed by atoms with Gasteiger partial charge in [0.05, 0.1) is 37.4 Å². The summed E-state index contributed by atoms with van der Waals surface area (Å²) in [6, 6.07) is 14.9. The quantitative estimate of drug-likeness (QED) is 0.343. The lowest BCUT2D eigenvalue weighted by atomic mass is 10.1. The van der Waals surface area contributed by atoms with E-state index in [1.165, 1.54) is 29.7 Å². The Morgan fingerprint density at radius 1 is 1.06 bits per heavy atom. The van der Waals surface area contributed by atoms with E-state index in [4.69, 9.17) is 0 Å². The van der Waals surface area contributed by atoms with Crippen LogP contribution in [0.25, 0.3) is 21.1 Å². The second-order valence-electron chi connectivity index (χ2n) is 6.65. The van der Waals surface area contributed by atoms with Crippen molar-refractivity contribution in [3.8, 4) is 5.88 Å². The molecule has 3 N–H and O–H groups in total. The average Bonchev–Trinajstić information content (AvgIpc) is 3.36. The highest BCUT2D eigenvalue weighted by Crippen LogP contribution is 2.34. The van der Waals surface area contributed by atoms with Crippen LogP contribution in [0.1, 0.15) is 5.56 Å². The number of nitrogens with one attached hydrogen (secondary N) is 2. The van der Waals surface area contributed by atoms with Crippen LogP contribution in [0, 0.1) is 0 Å². The van der Waals surface area contributed by atoms with Gasteiger partial charge in [0.25, 0.3) is 10.0 Å². The first-order valence-electron chi connectivity index (χ1n) is 9.16. The number of aromatic hydroxyl groups is 1. The first kappa shape index (κ1) is 19.2. The van der Waals surface area contributed by atoms with Gasteiger partial charge in [-0.3, -0.25) is 9.71 Å². The molecule has 31 heavy (non-hydrogen) atoms. The fourth-order valence-corrected chi connectivity index (χ4v) is 5.07. The molecule has 0 spiro atoms. The number of anilines is 1. The van der Waals surface area contributed by atoms with Crippen LogP contribution in [-0.4, -0.2) is 34.7 Å². The number of fused-ring (bicyclic) bond motifs is 3. The van der Waals surface area contributed by atoms with Gasteiger partial charge in [-0.05, 0) is 48.5 Å². The minimum atomic E-state index is -3.76.